The van der Waals surface area contributed by atoms with Gasteiger partial charge in [-0.1, -0.05) is 19.3 Å². The van der Waals surface area contributed by atoms with Crippen molar-refractivity contribution in [2.24, 2.45) is 0 Å². The summed E-state index contributed by atoms with van der Waals surface area (Å²) in [7, 11) is -17.3. The predicted molar refractivity (Wildman–Crippen MR) is 95.6 cm³/mol. The van der Waals surface area contributed by atoms with E-state index in [1.54, 1.807) is 0 Å². The smallest absolute Gasteiger partial charge is 0.459 e. The molecule has 14 nitrogen and oxygen atoms in total. The van der Waals surface area contributed by atoms with Gasteiger partial charge in [-0.3, -0.25) is 11.2 Å². The molecule has 3 unspecified atom stereocenters. The van der Waals surface area contributed by atoms with Crippen molar-refractivity contribution in [3.8, 4) is 0 Å². The van der Waals surface area contributed by atoms with Crippen LogP contribution in [0.5, 0.6) is 0 Å². The molecule has 1 aromatic rings. The minimum atomic E-state index is -5.90. The molecular formula is C10H13F4N2O12P3SU. The Kier molecular flexibility index (Phi) is 11.9. The summed E-state index contributed by atoms with van der Waals surface area (Å²) in [5.74, 6) is 0. The molecule has 188 valence electrons. The molecule has 0 fully saturated rings. The van der Waals surface area contributed by atoms with Crippen LogP contribution in [-0.4, -0.2) is 58.8 Å². The Balaban J connectivity index is 0.0000102. The summed E-state index contributed by atoms with van der Waals surface area (Å²) in [5, 5.41) is 9.67. The van der Waals surface area contributed by atoms with Crippen molar-refractivity contribution in [2.75, 3.05) is 6.61 Å². The predicted octanol–water partition coefficient (Wildman–Crippen LogP) is 1.09. The van der Waals surface area contributed by atoms with Crippen LogP contribution in [0.1, 0.15) is 0 Å². The molecule has 0 aliphatic carbocycles. The van der Waals surface area contributed by atoms with E-state index >= 15 is 0 Å². The Morgan fingerprint density at radius 3 is 2.12 bits per heavy atom. The summed E-state index contributed by atoms with van der Waals surface area (Å²) in [5.41, 5.74) is -5.41. The molecule has 0 radical (unpaired) electrons. The second-order valence-corrected chi connectivity index (χ2v) is 10.3. The molecule has 6 N–H and O–H groups in total. The number of phosphoric acid groups is 3. The minimum Gasteiger partial charge on any atom is -0.459 e. The van der Waals surface area contributed by atoms with Crippen molar-refractivity contribution in [3.63, 3.8) is 0 Å². The second-order valence-electron chi connectivity index (χ2n) is 5.48. The van der Waals surface area contributed by atoms with Gasteiger partial charge in [-0.05, 0) is 12.2 Å². The molecule has 0 aromatic carbocycles. The molecule has 0 amide bonds. The third-order valence-electron chi connectivity index (χ3n) is 3.02. The van der Waals surface area contributed by atoms with Gasteiger partial charge in [0.1, 0.15) is 0 Å². The van der Waals surface area contributed by atoms with E-state index in [1.165, 1.54) is 0 Å². The number of aliphatic hydroxyl groups is 1. The van der Waals surface area contributed by atoms with Gasteiger partial charge in [-0.2, -0.15) is 21.8 Å². The summed E-state index contributed by atoms with van der Waals surface area (Å²) in [6, 6.07) is 0.689. The van der Waals surface area contributed by atoms with Gasteiger partial charge in [0.05, 0.1) is 4.77 Å². The monoisotopic (exact) mass is 792 g/mol. The molecule has 33 heavy (non-hydrogen) atoms. The molecule has 0 saturated heterocycles. The van der Waals surface area contributed by atoms with E-state index in [9.17, 15) is 46.1 Å². The number of hydrogen-bond acceptors (Lipinski definition) is 9. The maximum Gasteiger partial charge on any atom is 2.00 e. The molecule has 0 bridgehead atoms. The fraction of sp³-hybridized carbons (Fsp3) is 0.400. The van der Waals surface area contributed by atoms with Crippen LogP contribution in [0.2, 0.25) is 0 Å². The molecule has 0 aliphatic heterocycles. The van der Waals surface area contributed by atoms with E-state index < -0.39 is 58.4 Å². The van der Waals surface area contributed by atoms with Gasteiger partial charge in [-0.25, -0.2) is 18.1 Å². The quantitative estimate of drug-likeness (QED) is 0.0802. The van der Waals surface area contributed by atoms with Crippen LogP contribution in [0.25, 0.3) is 0 Å². The largest absolute Gasteiger partial charge is 2.00 e. The summed E-state index contributed by atoms with van der Waals surface area (Å²) in [6.07, 6.45) is -8.33. The van der Waals surface area contributed by atoms with Gasteiger partial charge in [0, 0.05) is 0 Å². The molecule has 1 heterocycles. The molecule has 4 atom stereocenters. The van der Waals surface area contributed by atoms with Gasteiger partial charge >= 0.3 is 60.8 Å². The van der Waals surface area contributed by atoms with Crippen LogP contribution >= 0.6 is 35.7 Å². The maximum atomic E-state index is 14.7. The van der Waals surface area contributed by atoms with Gasteiger partial charge in [0.15, 0.2) is 5.67 Å². The van der Waals surface area contributed by atoms with E-state index in [0.29, 0.717) is 16.8 Å². The first kappa shape index (κ1) is 33.1. The van der Waals surface area contributed by atoms with E-state index in [4.69, 9.17) is 14.7 Å². The first-order valence-corrected chi connectivity index (χ1v) is 12.3. The zero-order valence-corrected chi connectivity index (χ0v) is 23.1. The normalized spacial score (nSPS) is 18.8. The van der Waals surface area contributed by atoms with Crippen LogP contribution in [0, 0.1) is 48.8 Å². The zero-order valence-electron chi connectivity index (χ0n) is 15.4. The number of aliphatic hydroxyl groups excluding tert-OH is 1. The number of alkyl halides is 4. The fourth-order valence-electron chi connectivity index (χ4n) is 1.75. The molecule has 0 aliphatic rings. The van der Waals surface area contributed by atoms with Crippen molar-refractivity contribution < 1.29 is 100 Å². The van der Waals surface area contributed by atoms with Gasteiger partial charge in [-0.15, -0.1) is 12.2 Å². The summed E-state index contributed by atoms with van der Waals surface area (Å²) in [6.45, 7) is -1.77. The van der Waals surface area contributed by atoms with Crippen LogP contribution in [-0.2, 0) is 26.8 Å². The maximum absolute atomic E-state index is 14.7. The second kappa shape index (κ2) is 11.9. The minimum absolute atomic E-state index is 0. The molecule has 1 rings (SSSR count). The standard InChI is InChI=1S/C10H13F4N2O12P3S.U/c11-9(10(12,13)14,5-16-3-1-7(18)15-8(16)32)6(17)2-4-26-30(22,23)28-31(24,25)27-29(19,20)21;/h1-3,5-6,17H,4H2,(H,22,23)(H,24,25)(H,15,18,32)(H2,19,20,21);/q-2;+2/t6-,9?;/m0./s1. The number of nitrogens with one attached hydrogen (secondary N) is 1. The van der Waals surface area contributed by atoms with Crippen molar-refractivity contribution in [1.82, 2.24) is 9.55 Å². The van der Waals surface area contributed by atoms with E-state index in [1.807, 2.05) is 4.98 Å². The Hall–Kier alpha value is 0.112. The first-order valence-electron chi connectivity index (χ1n) is 7.40. The molecule has 23 heteroatoms. The van der Waals surface area contributed by atoms with E-state index in [0.717, 1.165) is 0 Å². The van der Waals surface area contributed by atoms with Crippen LogP contribution in [0.15, 0.2) is 17.1 Å². The number of H-pyrrole nitrogens is 1. The van der Waals surface area contributed by atoms with Gasteiger partial charge in [0.25, 0.3) is 0 Å². The third kappa shape index (κ3) is 10.7. The van der Waals surface area contributed by atoms with Crippen LogP contribution < -0.4 is 5.56 Å². The summed E-state index contributed by atoms with van der Waals surface area (Å²) < 4.78 is 97.8. The SMILES string of the molecule is O=c1ccn([CH-]C(F)([C@@H](O)[CH-]COP(=O)(O)OP(=O)(O)OP(=O)(O)O)C(F)(F)F)c(=S)[nH]1.[U+2]. The van der Waals surface area contributed by atoms with Gasteiger partial charge < -0.3 is 38.8 Å². The number of phosphoric ester groups is 1. The number of halogens is 4. The van der Waals surface area contributed by atoms with Crippen molar-refractivity contribution >= 4 is 35.7 Å². The average Bonchev–Trinajstić information content (AvgIpc) is 2.52. The Morgan fingerprint density at radius 1 is 1.12 bits per heavy atom. The molecule has 0 spiro atoms. The summed E-state index contributed by atoms with van der Waals surface area (Å²) in [4.78, 5) is 47.8. The Morgan fingerprint density at radius 2 is 1.67 bits per heavy atom. The topological polar surface area (TPSA) is 218 Å². The zero-order chi connectivity index (χ0) is 25.2. The Labute approximate surface area is 209 Å². The average molecular weight is 792 g/mol. The number of hydrogen-bond donors (Lipinski definition) is 6. The number of aromatic amines is 1. The summed E-state index contributed by atoms with van der Waals surface area (Å²) >= 11 is 4.56. The third-order valence-corrected chi connectivity index (χ3v) is 7.13. The number of nitrogens with zero attached hydrogens (tertiary/aromatic N) is 1. The first-order chi connectivity index (χ1) is 14.2. The number of aromatic nitrogens is 2. The van der Waals surface area contributed by atoms with E-state index in [-0.39, 0.29) is 44.1 Å². The van der Waals surface area contributed by atoms with Crippen LogP contribution in [0.3, 0.4) is 0 Å². The van der Waals surface area contributed by atoms with E-state index in [2.05, 4.69) is 25.4 Å². The van der Waals surface area contributed by atoms with Crippen LogP contribution in [0.4, 0.5) is 17.6 Å². The fourth-order valence-corrected chi connectivity index (χ4v) is 4.93. The molecule has 1 aromatic heterocycles. The van der Waals surface area contributed by atoms with Crippen molar-refractivity contribution in [1.29, 1.82) is 0 Å². The van der Waals surface area contributed by atoms with Crippen molar-refractivity contribution in [2.45, 2.75) is 17.9 Å². The molecule has 0 saturated carbocycles. The van der Waals surface area contributed by atoms with Crippen molar-refractivity contribution in [3.05, 3.63) is 40.4 Å². The number of rotatable bonds is 11. The van der Waals surface area contributed by atoms with Gasteiger partial charge in [0.2, 0.25) is 5.56 Å². The Bertz CT molecular complexity index is 1080. The molecular weight excluding hydrogens is 779 g/mol.